The van der Waals surface area contributed by atoms with Crippen LogP contribution in [0.5, 0.6) is 11.5 Å². The second-order valence-electron chi connectivity index (χ2n) is 23.9. The van der Waals surface area contributed by atoms with Crippen LogP contribution in [0.3, 0.4) is 0 Å². The van der Waals surface area contributed by atoms with Crippen molar-refractivity contribution in [1.82, 2.24) is 0 Å². The lowest BCUT2D eigenvalue weighted by atomic mass is 10.0. The average Bonchev–Trinajstić information content (AvgIpc) is 3.44. The molecule has 0 unspecified atom stereocenters. The second kappa shape index (κ2) is 58.3. The summed E-state index contributed by atoms with van der Waals surface area (Å²) in [5, 5.41) is 0. The SMILES string of the molecule is CCCCCCCCCCCCCCCC(=O)Oc1ccc(C(OC(=O)CCCCCCCCCCCCCCC)OC(=O)CCCCCCCCCCCCCCC)cc1OC(=O)CCCCCCCCCCCCCCC. The van der Waals surface area contributed by atoms with Gasteiger partial charge in [0.25, 0.3) is 6.29 Å². The molecule has 460 valence electrons. The highest BCUT2D eigenvalue weighted by atomic mass is 16.7. The van der Waals surface area contributed by atoms with Crippen molar-refractivity contribution in [2.24, 2.45) is 0 Å². The Morgan fingerprint density at radius 3 is 0.709 bits per heavy atom. The molecule has 0 bridgehead atoms. The number of carbonyl (C=O) groups is 4. The van der Waals surface area contributed by atoms with Gasteiger partial charge < -0.3 is 18.9 Å². The maximum atomic E-state index is 13.5. The summed E-state index contributed by atoms with van der Waals surface area (Å²) in [5.74, 6) is -1.45. The Labute approximate surface area is 488 Å². The highest BCUT2D eigenvalue weighted by Gasteiger charge is 2.25. The largest absolute Gasteiger partial charge is 0.423 e. The van der Waals surface area contributed by atoms with Crippen LogP contribution in [0.25, 0.3) is 0 Å². The molecule has 0 atom stereocenters. The van der Waals surface area contributed by atoms with Gasteiger partial charge in [-0.1, -0.05) is 336 Å². The molecule has 79 heavy (non-hydrogen) atoms. The molecule has 0 N–H and O–H groups in total. The summed E-state index contributed by atoms with van der Waals surface area (Å²) in [5.41, 5.74) is 0.359. The molecule has 0 saturated heterocycles. The highest BCUT2D eigenvalue weighted by molar-refractivity contribution is 5.76. The average molecular weight is 1110 g/mol. The van der Waals surface area contributed by atoms with E-state index in [1.54, 1.807) is 18.2 Å². The Morgan fingerprint density at radius 1 is 0.266 bits per heavy atom. The zero-order chi connectivity index (χ0) is 57.2. The fourth-order valence-electron chi connectivity index (χ4n) is 10.8. The van der Waals surface area contributed by atoms with Gasteiger partial charge in [-0.05, 0) is 43.9 Å². The maximum Gasteiger partial charge on any atom is 0.311 e. The minimum atomic E-state index is -1.32. The van der Waals surface area contributed by atoms with Crippen LogP contribution < -0.4 is 9.47 Å². The van der Waals surface area contributed by atoms with Crippen LogP contribution in [0.15, 0.2) is 18.2 Å². The second-order valence-corrected chi connectivity index (χ2v) is 23.9. The topological polar surface area (TPSA) is 105 Å². The fourth-order valence-corrected chi connectivity index (χ4v) is 10.8. The van der Waals surface area contributed by atoms with Crippen molar-refractivity contribution in [3.8, 4) is 11.5 Å². The van der Waals surface area contributed by atoms with Crippen LogP contribution in [0.4, 0.5) is 0 Å². The predicted octanol–water partition coefficient (Wildman–Crippen LogP) is 23.5. The summed E-state index contributed by atoms with van der Waals surface area (Å²) >= 11 is 0. The van der Waals surface area contributed by atoms with E-state index < -0.39 is 24.2 Å². The quantitative estimate of drug-likeness (QED) is 0.0275. The lowest BCUT2D eigenvalue weighted by Crippen LogP contribution is -2.19. The van der Waals surface area contributed by atoms with Crippen molar-refractivity contribution in [1.29, 1.82) is 0 Å². The van der Waals surface area contributed by atoms with Crippen molar-refractivity contribution < 1.29 is 38.1 Å². The van der Waals surface area contributed by atoms with E-state index in [0.717, 1.165) is 57.8 Å². The zero-order valence-electron chi connectivity index (χ0n) is 52.7. The molecular formula is C71H128O8. The minimum Gasteiger partial charge on any atom is -0.423 e. The normalized spacial score (nSPS) is 11.4. The number of hydrogen-bond donors (Lipinski definition) is 0. The number of carbonyl (C=O) groups excluding carboxylic acids is 4. The van der Waals surface area contributed by atoms with Gasteiger partial charge >= 0.3 is 23.9 Å². The molecule has 1 rings (SSSR count). The van der Waals surface area contributed by atoms with Crippen molar-refractivity contribution in [3.63, 3.8) is 0 Å². The molecular weight excluding hydrogens is 981 g/mol. The molecule has 0 fully saturated rings. The predicted molar refractivity (Wildman–Crippen MR) is 334 cm³/mol. The van der Waals surface area contributed by atoms with Gasteiger partial charge in [-0.3, -0.25) is 19.2 Å². The molecule has 1 aromatic carbocycles. The molecule has 0 aliphatic heterocycles. The van der Waals surface area contributed by atoms with E-state index in [1.807, 2.05) is 0 Å². The van der Waals surface area contributed by atoms with Crippen LogP contribution in [0.2, 0.25) is 0 Å². The smallest absolute Gasteiger partial charge is 0.311 e. The monoisotopic (exact) mass is 1110 g/mol. The van der Waals surface area contributed by atoms with Crippen molar-refractivity contribution >= 4 is 23.9 Å². The molecule has 0 aromatic heterocycles. The molecule has 0 aliphatic rings. The van der Waals surface area contributed by atoms with Gasteiger partial charge in [-0.2, -0.15) is 0 Å². The summed E-state index contributed by atoms with van der Waals surface area (Å²) in [7, 11) is 0. The van der Waals surface area contributed by atoms with Crippen molar-refractivity contribution in [3.05, 3.63) is 23.8 Å². The van der Waals surface area contributed by atoms with Crippen LogP contribution in [0, 0.1) is 0 Å². The van der Waals surface area contributed by atoms with Crippen molar-refractivity contribution in [2.75, 3.05) is 0 Å². The zero-order valence-corrected chi connectivity index (χ0v) is 52.7. The molecule has 0 amide bonds. The maximum absolute atomic E-state index is 13.5. The standard InChI is InChI=1S/C71H128O8/c1-5-9-13-17-21-25-29-33-37-41-45-49-53-57-67(72)76-65-62-61-64(63-66(65)77-68(73)58-54-50-46-42-38-34-30-26-22-18-14-10-6-2)71(78-69(74)59-55-51-47-43-39-35-31-27-23-19-15-11-7-3)79-70(75)60-56-52-48-44-40-36-32-28-24-20-16-12-8-4/h61-63,71H,5-60H2,1-4H3. The number of benzene rings is 1. The number of unbranched alkanes of at least 4 members (excludes halogenated alkanes) is 48. The molecule has 0 heterocycles. The van der Waals surface area contributed by atoms with Crippen LogP contribution in [0.1, 0.15) is 399 Å². The first-order chi connectivity index (χ1) is 38.8. The van der Waals surface area contributed by atoms with Gasteiger partial charge in [0.2, 0.25) is 0 Å². The van der Waals surface area contributed by atoms with Gasteiger partial charge in [-0.25, -0.2) is 0 Å². The third-order valence-electron chi connectivity index (χ3n) is 16.1. The molecule has 0 aliphatic carbocycles. The molecule has 1 aromatic rings. The number of hydrogen-bond acceptors (Lipinski definition) is 8. The Bertz CT molecular complexity index is 1480. The highest BCUT2D eigenvalue weighted by Crippen LogP contribution is 2.34. The van der Waals surface area contributed by atoms with Crippen LogP contribution >= 0.6 is 0 Å². The van der Waals surface area contributed by atoms with E-state index in [1.165, 1.54) is 257 Å². The van der Waals surface area contributed by atoms with Crippen molar-refractivity contribution in [2.45, 2.75) is 394 Å². The van der Waals surface area contributed by atoms with E-state index in [9.17, 15) is 19.2 Å². The molecule has 0 radical (unpaired) electrons. The van der Waals surface area contributed by atoms with E-state index >= 15 is 0 Å². The lowest BCUT2D eigenvalue weighted by molar-refractivity contribution is -0.190. The first-order valence-electron chi connectivity index (χ1n) is 34.8. The van der Waals surface area contributed by atoms with Gasteiger partial charge in [0.05, 0.1) is 0 Å². The summed E-state index contributed by atoms with van der Waals surface area (Å²) in [6.07, 6.45) is 62.7. The molecule has 8 heteroatoms. The van der Waals surface area contributed by atoms with E-state index in [0.29, 0.717) is 24.8 Å². The molecule has 8 nitrogen and oxygen atoms in total. The Hall–Kier alpha value is -2.90. The number of ether oxygens (including phenoxy) is 4. The summed E-state index contributed by atoms with van der Waals surface area (Å²) in [4.78, 5) is 53.7. The van der Waals surface area contributed by atoms with E-state index in [4.69, 9.17) is 18.9 Å². The van der Waals surface area contributed by atoms with Gasteiger partial charge in [0.1, 0.15) is 0 Å². The lowest BCUT2D eigenvalue weighted by Gasteiger charge is -2.20. The number of rotatable bonds is 61. The third kappa shape index (κ3) is 49.4. The van der Waals surface area contributed by atoms with Crippen LogP contribution in [-0.2, 0) is 28.7 Å². The minimum absolute atomic E-state index is 0.0704. The summed E-state index contributed by atoms with van der Waals surface area (Å²) in [6.45, 7) is 9.05. The fraction of sp³-hybridized carbons (Fsp3) is 0.859. The Kier molecular flexibility index (Phi) is 54.7. The van der Waals surface area contributed by atoms with Gasteiger partial charge in [0.15, 0.2) is 11.5 Å². The summed E-state index contributed by atoms with van der Waals surface area (Å²) < 4.78 is 23.8. The van der Waals surface area contributed by atoms with E-state index in [-0.39, 0.29) is 43.2 Å². The first kappa shape index (κ1) is 74.1. The van der Waals surface area contributed by atoms with Crippen LogP contribution in [-0.4, -0.2) is 23.9 Å². The molecule has 0 saturated carbocycles. The Balaban J connectivity index is 2.95. The third-order valence-corrected chi connectivity index (χ3v) is 16.1. The van der Waals surface area contributed by atoms with Gasteiger partial charge in [-0.15, -0.1) is 0 Å². The molecule has 0 spiro atoms. The first-order valence-corrected chi connectivity index (χ1v) is 34.8. The van der Waals surface area contributed by atoms with Gasteiger partial charge in [0, 0.05) is 31.2 Å². The summed E-state index contributed by atoms with van der Waals surface area (Å²) in [6, 6.07) is 4.79. The Morgan fingerprint density at radius 2 is 0.468 bits per heavy atom. The van der Waals surface area contributed by atoms with E-state index in [2.05, 4.69) is 27.7 Å². The number of esters is 4.